The minimum absolute atomic E-state index is 0.0578. The molecule has 0 bridgehead atoms. The maximum atomic E-state index is 12.4. The number of para-hydroxylation sites is 1. The summed E-state index contributed by atoms with van der Waals surface area (Å²) in [6.07, 6.45) is 0. The Morgan fingerprint density at radius 3 is 2.22 bits per heavy atom. The number of anilines is 1. The van der Waals surface area contributed by atoms with E-state index in [1.165, 1.54) is 19.6 Å². The van der Waals surface area contributed by atoms with Gasteiger partial charge in [0.1, 0.15) is 5.75 Å². The van der Waals surface area contributed by atoms with Crippen LogP contribution in [0.5, 0.6) is 5.75 Å². The zero-order chi connectivity index (χ0) is 20.0. The Bertz CT molecular complexity index is 792. The molecular weight excluding hydrogens is 340 g/mol. The molecule has 2 aromatic carbocycles. The number of nitrogens with one attached hydrogen (secondary N) is 1. The third kappa shape index (κ3) is 5.33. The van der Waals surface area contributed by atoms with E-state index in [-0.39, 0.29) is 17.2 Å². The van der Waals surface area contributed by atoms with Crippen LogP contribution in [0, 0.1) is 0 Å². The first-order valence-corrected chi connectivity index (χ1v) is 9.04. The Hall–Kier alpha value is -2.82. The molecule has 5 heteroatoms. The van der Waals surface area contributed by atoms with E-state index in [0.29, 0.717) is 24.4 Å². The molecule has 0 aliphatic rings. The summed E-state index contributed by atoms with van der Waals surface area (Å²) in [4.78, 5) is 26.1. The van der Waals surface area contributed by atoms with Crippen LogP contribution in [0.25, 0.3) is 0 Å². The first-order chi connectivity index (χ1) is 12.7. The lowest BCUT2D eigenvalue weighted by Crippen LogP contribution is -2.37. The van der Waals surface area contributed by atoms with E-state index < -0.39 is 0 Å². The summed E-state index contributed by atoms with van der Waals surface area (Å²) in [5, 5.41) is 2.85. The maximum absolute atomic E-state index is 12.4. The van der Waals surface area contributed by atoms with Crippen molar-refractivity contribution in [3.05, 3.63) is 59.7 Å². The summed E-state index contributed by atoms with van der Waals surface area (Å²) in [7, 11) is 1.53. The van der Waals surface area contributed by atoms with Crippen molar-refractivity contribution >= 4 is 17.5 Å². The second-order valence-corrected chi connectivity index (χ2v) is 7.42. The average molecular weight is 368 g/mol. The van der Waals surface area contributed by atoms with Gasteiger partial charge in [-0.05, 0) is 35.2 Å². The lowest BCUT2D eigenvalue weighted by Gasteiger charge is -2.24. The number of rotatable bonds is 6. The molecule has 0 heterocycles. The van der Waals surface area contributed by atoms with Crippen LogP contribution in [0.15, 0.2) is 48.5 Å². The monoisotopic (exact) mass is 368 g/mol. The molecule has 0 aromatic heterocycles. The number of carbonyl (C=O) groups is 2. The summed E-state index contributed by atoms with van der Waals surface area (Å²) in [6, 6.07) is 15.0. The zero-order valence-corrected chi connectivity index (χ0v) is 16.7. The van der Waals surface area contributed by atoms with Crippen molar-refractivity contribution in [2.24, 2.45) is 0 Å². The lowest BCUT2D eigenvalue weighted by molar-refractivity contribution is -0.116. The fraction of sp³-hybridized carbons (Fsp3) is 0.364. The van der Waals surface area contributed by atoms with Gasteiger partial charge < -0.3 is 15.0 Å². The topological polar surface area (TPSA) is 58.6 Å². The fourth-order valence-corrected chi connectivity index (χ4v) is 2.82. The first-order valence-electron chi connectivity index (χ1n) is 9.04. The van der Waals surface area contributed by atoms with Gasteiger partial charge >= 0.3 is 0 Å². The third-order valence-electron chi connectivity index (χ3n) is 4.40. The minimum Gasteiger partial charge on any atom is -0.496 e. The summed E-state index contributed by atoms with van der Waals surface area (Å²) in [5.41, 5.74) is 2.56. The molecule has 2 amide bonds. The molecule has 2 aromatic rings. The van der Waals surface area contributed by atoms with Crippen LogP contribution in [-0.4, -0.2) is 32.0 Å². The van der Waals surface area contributed by atoms with Gasteiger partial charge in [0.05, 0.1) is 12.7 Å². The number of ether oxygens (including phenoxy) is 1. The molecule has 1 N–H and O–H groups in total. The fourth-order valence-electron chi connectivity index (χ4n) is 2.82. The number of hydrogen-bond donors (Lipinski definition) is 1. The van der Waals surface area contributed by atoms with E-state index in [4.69, 9.17) is 4.74 Å². The highest BCUT2D eigenvalue weighted by atomic mass is 16.5. The van der Waals surface area contributed by atoms with Crippen LogP contribution in [-0.2, 0) is 10.2 Å². The summed E-state index contributed by atoms with van der Waals surface area (Å²) < 4.78 is 5.21. The average Bonchev–Trinajstić information content (AvgIpc) is 2.64. The number of benzene rings is 2. The Labute approximate surface area is 161 Å². The molecule has 0 aliphatic carbocycles. The maximum Gasteiger partial charge on any atom is 0.255 e. The smallest absolute Gasteiger partial charge is 0.255 e. The quantitative estimate of drug-likeness (QED) is 0.844. The number of hydrogen-bond acceptors (Lipinski definition) is 3. The van der Waals surface area contributed by atoms with Crippen molar-refractivity contribution in [2.45, 2.75) is 33.1 Å². The van der Waals surface area contributed by atoms with Gasteiger partial charge in [-0.15, -0.1) is 0 Å². The minimum atomic E-state index is -0.223. The molecule has 0 saturated heterocycles. The van der Waals surface area contributed by atoms with Crippen LogP contribution < -0.4 is 15.0 Å². The van der Waals surface area contributed by atoms with E-state index >= 15 is 0 Å². The van der Waals surface area contributed by atoms with Gasteiger partial charge in [0.25, 0.3) is 5.91 Å². The highest BCUT2D eigenvalue weighted by molar-refractivity contribution is 5.97. The normalized spacial score (nSPS) is 11.0. The highest BCUT2D eigenvalue weighted by Crippen LogP contribution is 2.25. The van der Waals surface area contributed by atoms with E-state index in [9.17, 15) is 9.59 Å². The molecule has 5 nitrogen and oxygen atoms in total. The van der Waals surface area contributed by atoms with E-state index in [1.807, 2.05) is 30.3 Å². The van der Waals surface area contributed by atoms with Crippen molar-refractivity contribution in [2.75, 3.05) is 25.1 Å². The van der Waals surface area contributed by atoms with Crippen LogP contribution >= 0.6 is 0 Å². The summed E-state index contributed by atoms with van der Waals surface area (Å²) in [6.45, 7) is 8.72. The van der Waals surface area contributed by atoms with Crippen molar-refractivity contribution in [1.29, 1.82) is 0 Å². The molecule has 0 saturated carbocycles. The van der Waals surface area contributed by atoms with Gasteiger partial charge in [0, 0.05) is 25.7 Å². The van der Waals surface area contributed by atoms with E-state index in [0.717, 1.165) is 5.69 Å². The second kappa shape index (κ2) is 8.71. The Morgan fingerprint density at radius 1 is 1.04 bits per heavy atom. The van der Waals surface area contributed by atoms with E-state index in [1.54, 1.807) is 23.1 Å². The Morgan fingerprint density at radius 2 is 1.67 bits per heavy atom. The molecule has 0 aliphatic heterocycles. The predicted molar refractivity (Wildman–Crippen MR) is 108 cm³/mol. The molecule has 0 fully saturated rings. The molecule has 27 heavy (non-hydrogen) atoms. The van der Waals surface area contributed by atoms with Gasteiger partial charge in [-0.1, -0.05) is 45.0 Å². The second-order valence-electron chi connectivity index (χ2n) is 7.42. The van der Waals surface area contributed by atoms with Gasteiger partial charge in [-0.2, -0.15) is 0 Å². The third-order valence-corrected chi connectivity index (χ3v) is 4.40. The molecule has 0 atom stereocenters. The van der Waals surface area contributed by atoms with E-state index in [2.05, 4.69) is 26.1 Å². The van der Waals surface area contributed by atoms with Gasteiger partial charge in [0.2, 0.25) is 5.91 Å². The summed E-state index contributed by atoms with van der Waals surface area (Å²) in [5.74, 6) is 0.236. The predicted octanol–water partition coefficient (Wildman–Crippen LogP) is 3.78. The van der Waals surface area contributed by atoms with Gasteiger partial charge in [0.15, 0.2) is 0 Å². The summed E-state index contributed by atoms with van der Waals surface area (Å²) >= 11 is 0. The van der Waals surface area contributed by atoms with Crippen LogP contribution in [0.3, 0.4) is 0 Å². The molecular formula is C22H28N2O3. The van der Waals surface area contributed by atoms with Crippen molar-refractivity contribution in [1.82, 2.24) is 5.32 Å². The molecule has 0 unspecified atom stereocenters. The Balaban J connectivity index is 2.03. The van der Waals surface area contributed by atoms with Crippen molar-refractivity contribution in [3.63, 3.8) is 0 Å². The largest absolute Gasteiger partial charge is 0.496 e. The first kappa shape index (κ1) is 20.5. The van der Waals surface area contributed by atoms with Crippen LogP contribution in [0.2, 0.25) is 0 Å². The van der Waals surface area contributed by atoms with Gasteiger partial charge in [-0.3, -0.25) is 9.59 Å². The zero-order valence-electron chi connectivity index (χ0n) is 16.7. The van der Waals surface area contributed by atoms with Crippen LogP contribution in [0.4, 0.5) is 5.69 Å². The highest BCUT2D eigenvalue weighted by Gasteiger charge is 2.17. The SMILES string of the molecule is COc1ccccc1C(=O)NCCN(C(C)=O)c1ccc(C(C)(C)C)cc1. The lowest BCUT2D eigenvalue weighted by atomic mass is 9.87. The standard InChI is InChI=1S/C22H28N2O3/c1-16(25)24(18-12-10-17(11-13-18)22(2,3)4)15-14-23-21(26)19-8-6-7-9-20(19)27-5/h6-13H,14-15H2,1-5H3,(H,23,26). The molecule has 0 radical (unpaired) electrons. The molecule has 144 valence electrons. The van der Waals surface area contributed by atoms with Crippen molar-refractivity contribution in [3.8, 4) is 5.75 Å². The van der Waals surface area contributed by atoms with Crippen molar-refractivity contribution < 1.29 is 14.3 Å². The number of carbonyl (C=O) groups excluding carboxylic acids is 2. The number of methoxy groups -OCH3 is 1. The molecule has 2 rings (SSSR count). The molecule has 0 spiro atoms. The van der Waals surface area contributed by atoms with Gasteiger partial charge in [-0.25, -0.2) is 0 Å². The number of nitrogens with zero attached hydrogens (tertiary/aromatic N) is 1. The Kier molecular flexibility index (Phi) is 6.61. The number of amides is 2. The van der Waals surface area contributed by atoms with Crippen LogP contribution in [0.1, 0.15) is 43.6 Å².